The summed E-state index contributed by atoms with van der Waals surface area (Å²) in [6, 6.07) is 16.6. The molecule has 3 aromatic carbocycles. The van der Waals surface area contributed by atoms with Crippen LogP contribution in [-0.2, 0) is 11.3 Å². The van der Waals surface area contributed by atoms with Crippen molar-refractivity contribution in [1.29, 1.82) is 0 Å². The van der Waals surface area contributed by atoms with Crippen molar-refractivity contribution in [1.82, 2.24) is 10.2 Å². The van der Waals surface area contributed by atoms with Gasteiger partial charge in [-0.25, -0.2) is 4.39 Å². The Balaban J connectivity index is 1.79. The van der Waals surface area contributed by atoms with Crippen molar-refractivity contribution in [3.8, 4) is 11.5 Å². The molecule has 1 atom stereocenters. The summed E-state index contributed by atoms with van der Waals surface area (Å²) in [6.45, 7) is 6.50. The first-order valence-corrected chi connectivity index (χ1v) is 12.0. The molecule has 1 unspecified atom stereocenters. The molecule has 1 heterocycles. The Morgan fingerprint density at radius 3 is 2.25 bits per heavy atom. The van der Waals surface area contributed by atoms with Crippen molar-refractivity contribution in [2.24, 2.45) is 0 Å². The Labute approximate surface area is 215 Å². The molecule has 0 spiro atoms. The molecular formula is C28H28ClFN2O4. The fraction of sp³-hybridized carbons (Fsp3) is 0.286. The zero-order valence-electron chi connectivity index (χ0n) is 20.4. The number of nitrogens with one attached hydrogen (secondary N) is 1. The zero-order chi connectivity index (χ0) is 25.9. The average Bonchev–Trinajstić information content (AvgIpc) is 2.84. The van der Waals surface area contributed by atoms with E-state index in [4.69, 9.17) is 21.1 Å². The van der Waals surface area contributed by atoms with Gasteiger partial charge < -0.3 is 19.7 Å². The van der Waals surface area contributed by atoms with E-state index >= 15 is 0 Å². The van der Waals surface area contributed by atoms with Crippen molar-refractivity contribution >= 4 is 23.4 Å². The van der Waals surface area contributed by atoms with Crippen LogP contribution in [0.25, 0.3) is 0 Å². The van der Waals surface area contributed by atoms with Crippen molar-refractivity contribution in [3.63, 3.8) is 0 Å². The lowest BCUT2D eigenvalue weighted by Gasteiger charge is -2.34. The molecule has 1 aliphatic heterocycles. The van der Waals surface area contributed by atoms with Crippen LogP contribution in [0.15, 0.2) is 66.7 Å². The number of benzene rings is 3. The smallest absolute Gasteiger partial charge is 0.255 e. The number of ether oxygens (including phenoxy) is 2. The van der Waals surface area contributed by atoms with Gasteiger partial charge in [0.2, 0.25) is 5.91 Å². The molecule has 0 saturated carbocycles. The van der Waals surface area contributed by atoms with E-state index in [2.05, 4.69) is 5.32 Å². The first-order valence-electron chi connectivity index (χ1n) is 11.6. The number of hydrogen-bond acceptors (Lipinski definition) is 4. The molecule has 188 valence electrons. The molecule has 1 N–H and O–H groups in total. The maximum absolute atomic E-state index is 14.0. The van der Waals surface area contributed by atoms with Gasteiger partial charge in [-0.1, -0.05) is 35.9 Å². The SMILES string of the molecule is CC(C)(C)NC(=O)C(c1ccc(Cl)cc1)N(Cc1ccc(F)cc1)C(=O)c1ccc2c(c1)OCCO2. The van der Waals surface area contributed by atoms with Gasteiger partial charge in [-0.2, -0.15) is 0 Å². The molecule has 3 aromatic rings. The first-order chi connectivity index (χ1) is 17.1. The van der Waals surface area contributed by atoms with Crippen molar-refractivity contribution in [2.75, 3.05) is 13.2 Å². The first kappa shape index (κ1) is 25.5. The van der Waals surface area contributed by atoms with Crippen LogP contribution in [0.1, 0.15) is 48.3 Å². The second kappa shape index (κ2) is 10.6. The fourth-order valence-corrected chi connectivity index (χ4v) is 4.09. The molecule has 0 aliphatic carbocycles. The minimum Gasteiger partial charge on any atom is -0.486 e. The van der Waals surface area contributed by atoms with E-state index in [1.165, 1.54) is 17.0 Å². The van der Waals surface area contributed by atoms with Crippen LogP contribution in [0.4, 0.5) is 4.39 Å². The maximum atomic E-state index is 14.0. The van der Waals surface area contributed by atoms with Gasteiger partial charge in [-0.05, 0) is 74.4 Å². The normalized spacial score (nSPS) is 13.6. The molecule has 6 nitrogen and oxygen atoms in total. The highest BCUT2D eigenvalue weighted by Gasteiger charge is 2.34. The van der Waals surface area contributed by atoms with Crippen LogP contribution >= 0.6 is 11.6 Å². The van der Waals surface area contributed by atoms with Crippen LogP contribution in [0, 0.1) is 5.82 Å². The summed E-state index contributed by atoms with van der Waals surface area (Å²) in [6.07, 6.45) is 0. The molecule has 0 saturated heterocycles. The largest absolute Gasteiger partial charge is 0.486 e. The molecule has 0 radical (unpaired) electrons. The van der Waals surface area contributed by atoms with E-state index < -0.39 is 11.6 Å². The zero-order valence-corrected chi connectivity index (χ0v) is 21.1. The van der Waals surface area contributed by atoms with Gasteiger partial charge >= 0.3 is 0 Å². The summed E-state index contributed by atoms with van der Waals surface area (Å²) in [5, 5.41) is 3.50. The van der Waals surface area contributed by atoms with Crippen LogP contribution in [0.5, 0.6) is 11.5 Å². The summed E-state index contributed by atoms with van der Waals surface area (Å²) in [5.74, 6) is -0.0973. The average molecular weight is 511 g/mol. The highest BCUT2D eigenvalue weighted by molar-refractivity contribution is 6.30. The number of halogens is 2. The Hall–Kier alpha value is -3.58. The Bertz CT molecular complexity index is 1240. The summed E-state index contributed by atoms with van der Waals surface area (Å²) in [7, 11) is 0. The van der Waals surface area contributed by atoms with Crippen LogP contribution in [0.2, 0.25) is 5.02 Å². The third-order valence-corrected chi connectivity index (χ3v) is 5.81. The molecular weight excluding hydrogens is 483 g/mol. The molecule has 36 heavy (non-hydrogen) atoms. The summed E-state index contributed by atoms with van der Waals surface area (Å²) in [5.41, 5.74) is 1.06. The molecule has 8 heteroatoms. The summed E-state index contributed by atoms with van der Waals surface area (Å²) >= 11 is 6.11. The number of carbonyl (C=O) groups is 2. The number of hydrogen-bond donors (Lipinski definition) is 1. The van der Waals surface area contributed by atoms with Gasteiger partial charge in [0.05, 0.1) is 0 Å². The third-order valence-electron chi connectivity index (χ3n) is 5.56. The van der Waals surface area contributed by atoms with E-state index in [0.717, 1.165) is 0 Å². The molecule has 2 amide bonds. The quantitative estimate of drug-likeness (QED) is 0.472. The van der Waals surface area contributed by atoms with Crippen molar-refractivity contribution in [3.05, 3.63) is 94.3 Å². The van der Waals surface area contributed by atoms with E-state index in [1.54, 1.807) is 54.6 Å². The molecule has 1 aliphatic rings. The van der Waals surface area contributed by atoms with E-state index in [0.29, 0.717) is 46.4 Å². The monoisotopic (exact) mass is 510 g/mol. The lowest BCUT2D eigenvalue weighted by molar-refractivity contribution is -0.127. The molecule has 0 aromatic heterocycles. The topological polar surface area (TPSA) is 67.9 Å². The van der Waals surface area contributed by atoms with Gasteiger partial charge in [-0.15, -0.1) is 0 Å². The lowest BCUT2D eigenvalue weighted by atomic mass is 9.99. The highest BCUT2D eigenvalue weighted by Crippen LogP contribution is 2.33. The van der Waals surface area contributed by atoms with Gasteiger partial charge in [0.1, 0.15) is 25.1 Å². The number of rotatable bonds is 6. The summed E-state index contributed by atoms with van der Waals surface area (Å²) < 4.78 is 24.9. The Morgan fingerprint density at radius 1 is 0.972 bits per heavy atom. The second-order valence-electron chi connectivity index (χ2n) is 9.61. The molecule has 0 fully saturated rings. The Morgan fingerprint density at radius 2 is 1.61 bits per heavy atom. The van der Waals surface area contributed by atoms with Crippen LogP contribution in [0.3, 0.4) is 0 Å². The Kier molecular flexibility index (Phi) is 7.50. The number of nitrogens with zero attached hydrogens (tertiary/aromatic N) is 1. The van der Waals surface area contributed by atoms with Gasteiger partial charge in [0.25, 0.3) is 5.91 Å². The van der Waals surface area contributed by atoms with E-state index in [-0.39, 0.29) is 24.2 Å². The lowest BCUT2D eigenvalue weighted by Crippen LogP contribution is -2.49. The van der Waals surface area contributed by atoms with Crippen LogP contribution in [-0.4, -0.2) is 35.5 Å². The predicted octanol–water partition coefficient (Wildman–Crippen LogP) is 5.55. The van der Waals surface area contributed by atoms with Gasteiger partial charge in [-0.3, -0.25) is 9.59 Å². The van der Waals surface area contributed by atoms with Gasteiger partial charge in [0.15, 0.2) is 11.5 Å². The number of fused-ring (bicyclic) bond motifs is 1. The number of amides is 2. The van der Waals surface area contributed by atoms with E-state index in [9.17, 15) is 14.0 Å². The minimum absolute atomic E-state index is 0.0679. The van der Waals surface area contributed by atoms with Crippen molar-refractivity contribution < 1.29 is 23.5 Å². The summed E-state index contributed by atoms with van der Waals surface area (Å²) in [4.78, 5) is 29.1. The van der Waals surface area contributed by atoms with E-state index in [1.807, 2.05) is 20.8 Å². The second-order valence-corrected chi connectivity index (χ2v) is 10.0. The maximum Gasteiger partial charge on any atom is 0.255 e. The molecule has 4 rings (SSSR count). The van der Waals surface area contributed by atoms with Crippen LogP contribution < -0.4 is 14.8 Å². The predicted molar refractivity (Wildman–Crippen MR) is 136 cm³/mol. The fourth-order valence-electron chi connectivity index (χ4n) is 3.96. The molecule has 0 bridgehead atoms. The highest BCUT2D eigenvalue weighted by atomic mass is 35.5. The standard InChI is InChI=1S/C28H28ClFN2O4/c1-28(2,3)31-26(33)25(19-6-9-21(29)10-7-19)32(17-18-4-11-22(30)12-5-18)27(34)20-8-13-23-24(16-20)36-15-14-35-23/h4-13,16,25H,14-15,17H2,1-3H3,(H,31,33). The van der Waals surface area contributed by atoms with Crippen molar-refractivity contribution in [2.45, 2.75) is 38.9 Å². The van der Waals surface area contributed by atoms with Gasteiger partial charge in [0, 0.05) is 22.7 Å². The third kappa shape index (κ3) is 6.15. The minimum atomic E-state index is -0.979. The number of carbonyl (C=O) groups excluding carboxylic acids is 2.